The number of nitrogens with one attached hydrogen (secondary N) is 2. The van der Waals surface area contributed by atoms with Crippen molar-refractivity contribution in [2.45, 2.75) is 18.1 Å². The molecule has 0 spiro atoms. The van der Waals surface area contributed by atoms with E-state index in [4.69, 9.17) is 47.3 Å². The predicted molar refractivity (Wildman–Crippen MR) is 170 cm³/mol. The number of nitrogens with zero attached hydrogens (tertiary/aromatic N) is 5. The number of urea groups is 1. The van der Waals surface area contributed by atoms with E-state index in [0.29, 0.717) is 4.68 Å². The lowest BCUT2D eigenvalue weighted by Crippen LogP contribution is -2.36. The standard InChI is InChI=1S/C15H11ClF3NO4.C12H13ClN6O7S/c1-2-23-14-8-10(4-5-12(14)20(21)22)24-13-6-3-9(7-11(13)16)15(17,18)19;1-19-9(7(10(20)21)8(13)17-19)27(23,24)18-12(22)16-11-14-5(25-2)4-6(15-11)26-3/h3-8H,2H2,1H3;4H,1-3H3,(H,20,21)(H2,14,15,16,18,22). The van der Waals surface area contributed by atoms with Crippen LogP contribution >= 0.6 is 23.2 Å². The van der Waals surface area contributed by atoms with Gasteiger partial charge in [0.1, 0.15) is 17.1 Å². The SMILES string of the molecule is CCOc1cc(Oc2ccc(C(F)(F)F)cc2Cl)ccc1[N+](=O)[O-].COc1cc(OC)nc(NC(=O)NS(=O)(=O)c2c(C(=O)O)c(Cl)nn2C)n1. The van der Waals surface area contributed by atoms with Crippen molar-refractivity contribution in [3.63, 3.8) is 0 Å². The Morgan fingerprint density at radius 2 is 1.67 bits per heavy atom. The van der Waals surface area contributed by atoms with Crippen LogP contribution in [0.25, 0.3) is 0 Å². The first kappa shape index (κ1) is 39.8. The predicted octanol–water partition coefficient (Wildman–Crippen LogP) is 5.55. The minimum atomic E-state index is -4.64. The zero-order valence-electron chi connectivity index (χ0n) is 26.3. The molecule has 2 amide bonds. The van der Waals surface area contributed by atoms with Crippen LogP contribution < -0.4 is 29.0 Å². The number of rotatable bonds is 11. The van der Waals surface area contributed by atoms with Gasteiger partial charge >= 0.3 is 23.9 Å². The molecular weight excluding hydrogens is 758 g/mol. The summed E-state index contributed by atoms with van der Waals surface area (Å²) in [7, 11) is -0.858. The van der Waals surface area contributed by atoms with Crippen molar-refractivity contribution >= 4 is 56.9 Å². The van der Waals surface area contributed by atoms with Gasteiger partial charge in [-0.3, -0.25) is 20.1 Å². The average Bonchev–Trinajstić information content (AvgIpc) is 3.35. The molecule has 4 rings (SSSR count). The van der Waals surface area contributed by atoms with Gasteiger partial charge in [-0.15, -0.1) is 0 Å². The maximum atomic E-state index is 12.6. The number of alkyl halides is 3. The first-order valence-electron chi connectivity index (χ1n) is 13.5. The van der Waals surface area contributed by atoms with Gasteiger partial charge in [0, 0.05) is 19.2 Å². The van der Waals surface area contributed by atoms with Crippen LogP contribution in [0, 0.1) is 10.1 Å². The molecular formula is C27H24Cl2F3N7O11S. The molecule has 2 aromatic carbocycles. The molecule has 2 heterocycles. The highest BCUT2D eigenvalue weighted by Gasteiger charge is 2.33. The number of halogens is 5. The number of methoxy groups -OCH3 is 2. The highest BCUT2D eigenvalue weighted by molar-refractivity contribution is 7.90. The summed E-state index contributed by atoms with van der Waals surface area (Å²) in [5.74, 6) is -1.73. The van der Waals surface area contributed by atoms with Crippen LogP contribution in [0.5, 0.6) is 29.0 Å². The molecule has 51 heavy (non-hydrogen) atoms. The van der Waals surface area contributed by atoms with E-state index in [2.05, 4.69) is 20.4 Å². The summed E-state index contributed by atoms with van der Waals surface area (Å²) in [5, 5.41) is 24.0. The Bertz CT molecular complexity index is 2040. The highest BCUT2D eigenvalue weighted by atomic mass is 35.5. The summed E-state index contributed by atoms with van der Waals surface area (Å²) in [6.07, 6.45) is -4.52. The third kappa shape index (κ3) is 10.2. The Morgan fingerprint density at radius 1 is 1.04 bits per heavy atom. The maximum absolute atomic E-state index is 12.6. The minimum absolute atomic E-state index is 0.0111. The molecule has 0 unspecified atom stereocenters. The van der Waals surface area contributed by atoms with Gasteiger partial charge in [-0.2, -0.15) is 36.7 Å². The second-order valence-electron chi connectivity index (χ2n) is 9.30. The molecule has 0 saturated carbocycles. The third-order valence-corrected chi connectivity index (χ3v) is 7.88. The zero-order valence-corrected chi connectivity index (χ0v) is 28.6. The number of aromatic nitrogens is 4. The van der Waals surface area contributed by atoms with Crippen molar-refractivity contribution in [2.75, 3.05) is 26.1 Å². The smallest absolute Gasteiger partial charge is 0.416 e. The van der Waals surface area contributed by atoms with Crippen LogP contribution in [0.1, 0.15) is 22.8 Å². The second-order valence-corrected chi connectivity index (χ2v) is 11.7. The Balaban J connectivity index is 0.000000277. The number of hydrogen-bond donors (Lipinski definition) is 3. The number of anilines is 1. The number of hydrogen-bond acceptors (Lipinski definition) is 13. The minimum Gasteiger partial charge on any atom is -0.487 e. The number of carboxylic acids is 1. The quantitative estimate of drug-likeness (QED) is 0.125. The van der Waals surface area contributed by atoms with Crippen LogP contribution in [-0.4, -0.2) is 71.0 Å². The Morgan fingerprint density at radius 3 is 2.18 bits per heavy atom. The number of carbonyl (C=O) groups excluding carboxylic acids is 1. The molecule has 24 heteroatoms. The molecule has 0 aliphatic carbocycles. The largest absolute Gasteiger partial charge is 0.487 e. The van der Waals surface area contributed by atoms with Crippen molar-refractivity contribution < 1.29 is 60.2 Å². The average molecular weight is 782 g/mol. The van der Waals surface area contributed by atoms with E-state index >= 15 is 0 Å². The molecule has 0 aliphatic rings. The molecule has 4 aromatic rings. The summed E-state index contributed by atoms with van der Waals surface area (Å²) in [4.78, 5) is 41.2. The van der Waals surface area contributed by atoms with Crippen LogP contribution in [-0.2, 0) is 23.2 Å². The van der Waals surface area contributed by atoms with Gasteiger partial charge in [-0.25, -0.2) is 14.3 Å². The summed E-state index contributed by atoms with van der Waals surface area (Å²) >= 11 is 11.4. The first-order chi connectivity index (χ1) is 23.8. The Kier molecular flexibility index (Phi) is 12.8. The van der Waals surface area contributed by atoms with Crippen LogP contribution in [0.3, 0.4) is 0 Å². The number of benzene rings is 2. The number of aryl methyl sites for hydroxylation is 1. The number of nitro groups is 1. The first-order valence-corrected chi connectivity index (χ1v) is 15.8. The van der Waals surface area contributed by atoms with Gasteiger partial charge in [-0.05, 0) is 31.2 Å². The van der Waals surface area contributed by atoms with Crippen LogP contribution in [0.4, 0.5) is 29.6 Å². The van der Waals surface area contributed by atoms with Gasteiger partial charge in [0.2, 0.25) is 23.5 Å². The molecule has 2 aromatic heterocycles. The van der Waals surface area contributed by atoms with E-state index in [-0.39, 0.29) is 52.3 Å². The number of amides is 2. The number of aromatic carboxylic acids is 1. The zero-order chi connectivity index (χ0) is 38.3. The monoisotopic (exact) mass is 781 g/mol. The molecule has 3 N–H and O–H groups in total. The fourth-order valence-corrected chi connectivity index (χ4v) is 5.59. The molecule has 0 radical (unpaired) electrons. The molecule has 0 saturated heterocycles. The fourth-order valence-electron chi connectivity index (χ4n) is 3.80. The number of ether oxygens (including phenoxy) is 4. The van der Waals surface area contributed by atoms with Crippen molar-refractivity contribution in [1.82, 2.24) is 24.5 Å². The van der Waals surface area contributed by atoms with Gasteiger partial charge in [-0.1, -0.05) is 23.2 Å². The molecule has 274 valence electrons. The van der Waals surface area contributed by atoms with Crippen LogP contribution in [0.15, 0.2) is 47.5 Å². The fraction of sp³-hybridized carbons (Fsp3) is 0.222. The lowest BCUT2D eigenvalue weighted by molar-refractivity contribution is -0.385. The van der Waals surface area contributed by atoms with Crippen molar-refractivity contribution in [3.8, 4) is 29.0 Å². The van der Waals surface area contributed by atoms with E-state index < -0.39 is 54.4 Å². The molecule has 0 atom stereocenters. The molecule has 18 nitrogen and oxygen atoms in total. The normalized spacial score (nSPS) is 11.1. The summed E-state index contributed by atoms with van der Waals surface area (Å²) in [6.45, 7) is 1.86. The van der Waals surface area contributed by atoms with Crippen molar-refractivity contribution in [1.29, 1.82) is 0 Å². The maximum Gasteiger partial charge on any atom is 0.416 e. The summed E-state index contributed by atoms with van der Waals surface area (Å²) < 4.78 is 85.3. The van der Waals surface area contributed by atoms with E-state index in [9.17, 15) is 41.3 Å². The van der Waals surface area contributed by atoms with Crippen molar-refractivity contribution in [3.05, 3.63) is 73.9 Å². The third-order valence-electron chi connectivity index (χ3n) is 5.88. The Labute approximate surface area is 295 Å². The number of nitro benzene ring substituents is 1. The van der Waals surface area contributed by atoms with Gasteiger partial charge in [0.25, 0.3) is 10.0 Å². The summed E-state index contributed by atoms with van der Waals surface area (Å²) in [5.41, 5.74) is -1.93. The number of carboxylic acid groups (broad SMARTS) is 1. The van der Waals surface area contributed by atoms with E-state index in [1.165, 1.54) is 38.5 Å². The Hall–Kier alpha value is -5.61. The lowest BCUT2D eigenvalue weighted by atomic mass is 10.2. The highest BCUT2D eigenvalue weighted by Crippen LogP contribution is 2.38. The molecule has 0 fully saturated rings. The van der Waals surface area contributed by atoms with E-state index in [0.717, 1.165) is 25.2 Å². The second kappa shape index (κ2) is 16.4. The van der Waals surface area contributed by atoms with Crippen molar-refractivity contribution in [2.24, 2.45) is 7.05 Å². The topological polar surface area (TPSA) is 236 Å². The van der Waals surface area contributed by atoms with E-state index in [1.807, 2.05) is 0 Å². The van der Waals surface area contributed by atoms with Gasteiger partial charge in [0.05, 0.1) is 42.4 Å². The van der Waals surface area contributed by atoms with Crippen LogP contribution in [0.2, 0.25) is 10.2 Å². The number of carbonyl (C=O) groups is 2. The summed E-state index contributed by atoms with van der Waals surface area (Å²) in [6, 6.07) is 6.47. The number of sulfonamides is 1. The van der Waals surface area contributed by atoms with Gasteiger partial charge < -0.3 is 24.1 Å². The molecule has 0 aliphatic heterocycles. The van der Waals surface area contributed by atoms with Gasteiger partial charge in [0.15, 0.2) is 10.2 Å². The molecule has 0 bridgehead atoms. The van der Waals surface area contributed by atoms with E-state index in [1.54, 1.807) is 11.6 Å². The lowest BCUT2D eigenvalue weighted by Gasteiger charge is -2.12.